The lowest BCUT2D eigenvalue weighted by Gasteiger charge is -2.07. The Kier molecular flexibility index (Phi) is 4.67. The van der Waals surface area contributed by atoms with Crippen molar-refractivity contribution in [3.8, 4) is 17.0 Å². The first-order valence-corrected chi connectivity index (χ1v) is 8.19. The Morgan fingerprint density at radius 1 is 1.09 bits per heavy atom. The normalized spacial score (nSPS) is 10.7. The molecule has 0 bridgehead atoms. The van der Waals surface area contributed by atoms with Gasteiger partial charge < -0.3 is 9.30 Å². The van der Waals surface area contributed by atoms with Crippen molar-refractivity contribution in [2.24, 2.45) is 7.05 Å². The van der Waals surface area contributed by atoms with Crippen molar-refractivity contribution in [3.63, 3.8) is 0 Å². The van der Waals surface area contributed by atoms with Crippen LogP contribution in [-0.2, 0) is 12.8 Å². The molecule has 23 heavy (non-hydrogen) atoms. The fourth-order valence-electron chi connectivity index (χ4n) is 2.29. The van der Waals surface area contributed by atoms with Gasteiger partial charge in [-0.15, -0.1) is 0 Å². The molecule has 0 saturated heterocycles. The molecule has 2 aromatic carbocycles. The highest BCUT2D eigenvalue weighted by molar-refractivity contribution is 7.98. The number of ether oxygens (including phenoxy) is 1. The van der Waals surface area contributed by atoms with Gasteiger partial charge in [0, 0.05) is 18.4 Å². The summed E-state index contributed by atoms with van der Waals surface area (Å²) >= 11 is 1.63. The highest BCUT2D eigenvalue weighted by Crippen LogP contribution is 2.28. The van der Waals surface area contributed by atoms with Gasteiger partial charge in [0.15, 0.2) is 5.16 Å². The molecule has 0 aliphatic carbocycles. The maximum Gasteiger partial charge on any atom is 0.168 e. The molecule has 0 amide bonds. The number of imidazole rings is 1. The van der Waals surface area contributed by atoms with E-state index in [2.05, 4.69) is 9.55 Å². The summed E-state index contributed by atoms with van der Waals surface area (Å²) in [7, 11) is 3.66. The van der Waals surface area contributed by atoms with E-state index in [-0.39, 0.29) is 5.82 Å². The predicted octanol–water partition coefficient (Wildman–Crippen LogP) is 4.53. The molecular formula is C18H17FN2OS. The molecule has 1 heterocycles. The lowest BCUT2D eigenvalue weighted by atomic mass is 10.1. The van der Waals surface area contributed by atoms with Crippen LogP contribution in [0.25, 0.3) is 11.3 Å². The molecule has 0 radical (unpaired) electrons. The number of thioether (sulfide) groups is 1. The summed E-state index contributed by atoms with van der Waals surface area (Å²) in [6, 6.07) is 14.5. The van der Waals surface area contributed by atoms with Gasteiger partial charge in [-0.25, -0.2) is 9.37 Å². The van der Waals surface area contributed by atoms with Gasteiger partial charge in [0.25, 0.3) is 0 Å². The van der Waals surface area contributed by atoms with E-state index >= 15 is 0 Å². The molecule has 0 saturated carbocycles. The second-order valence-corrected chi connectivity index (χ2v) is 6.07. The highest BCUT2D eigenvalue weighted by Gasteiger charge is 2.09. The first-order chi connectivity index (χ1) is 11.2. The van der Waals surface area contributed by atoms with Crippen LogP contribution in [0.15, 0.2) is 59.9 Å². The van der Waals surface area contributed by atoms with Crippen LogP contribution in [-0.4, -0.2) is 16.7 Å². The zero-order chi connectivity index (χ0) is 16.2. The van der Waals surface area contributed by atoms with Crippen molar-refractivity contribution in [1.29, 1.82) is 0 Å². The van der Waals surface area contributed by atoms with Gasteiger partial charge in [0.05, 0.1) is 19.0 Å². The molecule has 0 atom stereocenters. The molecule has 0 N–H and O–H groups in total. The summed E-state index contributed by atoms with van der Waals surface area (Å²) in [6.07, 6.45) is 1.87. The van der Waals surface area contributed by atoms with Crippen LogP contribution in [0, 0.1) is 5.82 Å². The molecule has 3 aromatic rings. The summed E-state index contributed by atoms with van der Waals surface area (Å²) < 4.78 is 20.2. The van der Waals surface area contributed by atoms with E-state index in [1.54, 1.807) is 31.0 Å². The Morgan fingerprint density at radius 2 is 1.78 bits per heavy atom. The molecule has 1 aromatic heterocycles. The molecule has 0 aliphatic rings. The topological polar surface area (TPSA) is 27.1 Å². The number of halogens is 1. The molecule has 0 fully saturated rings. The SMILES string of the molecule is COc1ccc(-c2cnc(SCc3ccc(F)cc3)n2C)cc1. The summed E-state index contributed by atoms with van der Waals surface area (Å²) in [4.78, 5) is 4.49. The second-order valence-electron chi connectivity index (χ2n) is 5.13. The lowest BCUT2D eigenvalue weighted by molar-refractivity contribution is 0.415. The third kappa shape index (κ3) is 3.56. The Balaban J connectivity index is 1.74. The molecular weight excluding hydrogens is 311 g/mol. The van der Waals surface area contributed by atoms with E-state index in [1.807, 2.05) is 37.5 Å². The fourth-order valence-corrected chi connectivity index (χ4v) is 3.19. The molecule has 5 heteroatoms. The third-order valence-corrected chi connectivity index (χ3v) is 4.73. The highest BCUT2D eigenvalue weighted by atomic mass is 32.2. The van der Waals surface area contributed by atoms with Crippen LogP contribution >= 0.6 is 11.8 Å². The minimum atomic E-state index is -0.211. The van der Waals surface area contributed by atoms with E-state index in [0.29, 0.717) is 0 Å². The molecule has 0 spiro atoms. The minimum absolute atomic E-state index is 0.211. The Hall–Kier alpha value is -2.27. The summed E-state index contributed by atoms with van der Waals surface area (Å²) in [6.45, 7) is 0. The van der Waals surface area contributed by atoms with Crippen molar-refractivity contribution in [1.82, 2.24) is 9.55 Å². The number of hydrogen-bond acceptors (Lipinski definition) is 3. The Labute approximate surface area is 139 Å². The van der Waals surface area contributed by atoms with Gasteiger partial charge in [-0.3, -0.25) is 0 Å². The maximum atomic E-state index is 12.9. The van der Waals surface area contributed by atoms with Crippen LogP contribution in [0.1, 0.15) is 5.56 Å². The summed E-state index contributed by atoms with van der Waals surface area (Å²) in [5.74, 6) is 1.38. The van der Waals surface area contributed by atoms with Crippen molar-refractivity contribution >= 4 is 11.8 Å². The maximum absolute atomic E-state index is 12.9. The largest absolute Gasteiger partial charge is 0.497 e. The van der Waals surface area contributed by atoms with Gasteiger partial charge in [-0.05, 0) is 42.0 Å². The Morgan fingerprint density at radius 3 is 2.43 bits per heavy atom. The van der Waals surface area contributed by atoms with Gasteiger partial charge in [0.1, 0.15) is 11.6 Å². The first kappa shape index (κ1) is 15.6. The average molecular weight is 328 g/mol. The number of aromatic nitrogens is 2. The number of benzene rings is 2. The van der Waals surface area contributed by atoms with E-state index in [0.717, 1.165) is 33.5 Å². The van der Waals surface area contributed by atoms with E-state index in [4.69, 9.17) is 4.74 Å². The lowest BCUT2D eigenvalue weighted by Crippen LogP contribution is -1.94. The van der Waals surface area contributed by atoms with Gasteiger partial charge in [-0.1, -0.05) is 23.9 Å². The predicted molar refractivity (Wildman–Crippen MR) is 91.2 cm³/mol. The molecule has 0 aliphatic heterocycles. The summed E-state index contributed by atoms with van der Waals surface area (Å²) in [5.41, 5.74) is 3.22. The van der Waals surface area contributed by atoms with Crippen molar-refractivity contribution in [2.75, 3.05) is 7.11 Å². The van der Waals surface area contributed by atoms with Crippen LogP contribution in [0.4, 0.5) is 4.39 Å². The standard InChI is InChI=1S/C18H17FN2OS/c1-21-17(14-5-9-16(22-2)10-6-14)11-20-18(21)23-12-13-3-7-15(19)8-4-13/h3-11H,12H2,1-2H3. The molecule has 118 valence electrons. The summed E-state index contributed by atoms with van der Waals surface area (Å²) in [5, 5.41) is 0.931. The van der Waals surface area contributed by atoms with Gasteiger partial charge in [0.2, 0.25) is 0 Å². The van der Waals surface area contributed by atoms with Crippen LogP contribution in [0.5, 0.6) is 5.75 Å². The van der Waals surface area contributed by atoms with Crippen LogP contribution in [0.3, 0.4) is 0 Å². The van der Waals surface area contributed by atoms with Crippen molar-refractivity contribution in [3.05, 3.63) is 66.1 Å². The minimum Gasteiger partial charge on any atom is -0.497 e. The zero-order valence-electron chi connectivity index (χ0n) is 13.0. The van der Waals surface area contributed by atoms with E-state index in [1.165, 1.54) is 12.1 Å². The second kappa shape index (κ2) is 6.87. The number of rotatable bonds is 5. The zero-order valence-corrected chi connectivity index (χ0v) is 13.8. The average Bonchev–Trinajstić information content (AvgIpc) is 2.95. The van der Waals surface area contributed by atoms with Gasteiger partial charge >= 0.3 is 0 Å². The van der Waals surface area contributed by atoms with E-state index < -0.39 is 0 Å². The molecule has 3 nitrogen and oxygen atoms in total. The van der Waals surface area contributed by atoms with Crippen LogP contribution in [0.2, 0.25) is 0 Å². The molecule has 3 rings (SSSR count). The van der Waals surface area contributed by atoms with Crippen LogP contribution < -0.4 is 4.74 Å². The smallest absolute Gasteiger partial charge is 0.168 e. The number of hydrogen-bond donors (Lipinski definition) is 0. The monoisotopic (exact) mass is 328 g/mol. The number of methoxy groups -OCH3 is 1. The van der Waals surface area contributed by atoms with E-state index in [9.17, 15) is 4.39 Å². The molecule has 0 unspecified atom stereocenters. The van der Waals surface area contributed by atoms with Crippen molar-refractivity contribution in [2.45, 2.75) is 10.9 Å². The number of nitrogens with zero attached hydrogens (tertiary/aromatic N) is 2. The van der Waals surface area contributed by atoms with Gasteiger partial charge in [-0.2, -0.15) is 0 Å². The Bertz CT molecular complexity index is 782. The third-order valence-electron chi connectivity index (χ3n) is 3.61. The quantitative estimate of drug-likeness (QED) is 0.644. The van der Waals surface area contributed by atoms with Crippen molar-refractivity contribution < 1.29 is 9.13 Å². The first-order valence-electron chi connectivity index (χ1n) is 7.21. The fraction of sp³-hybridized carbons (Fsp3) is 0.167.